The van der Waals surface area contributed by atoms with Crippen LogP contribution in [-0.4, -0.2) is 10.9 Å². The molecule has 0 unspecified atom stereocenters. The van der Waals surface area contributed by atoms with Crippen LogP contribution in [0.5, 0.6) is 0 Å². The Morgan fingerprint density at radius 3 is 2.57 bits per heavy atom. The van der Waals surface area contributed by atoms with Gasteiger partial charge >= 0.3 is 0 Å². The average Bonchev–Trinajstić information content (AvgIpc) is 2.51. The molecule has 0 bridgehead atoms. The standard InChI is InChI=1S/C11H17NO2/c1-8(12-13)7-11(3,4)10-6-5-9(2)14-10/h5-6,13H,7H2,1-4H3. The molecule has 3 nitrogen and oxygen atoms in total. The molecule has 1 aromatic rings. The van der Waals surface area contributed by atoms with Crippen molar-refractivity contribution in [2.75, 3.05) is 0 Å². The van der Waals surface area contributed by atoms with Crippen LogP contribution in [0.1, 0.15) is 38.7 Å². The maximum absolute atomic E-state index is 8.61. The monoisotopic (exact) mass is 195 g/mol. The SMILES string of the molecule is CC(CC(C)(C)c1ccc(C)o1)=NO. The quantitative estimate of drug-likeness (QED) is 0.457. The Bertz CT molecular complexity index is 337. The summed E-state index contributed by atoms with van der Waals surface area (Å²) in [5, 5.41) is 11.8. The highest BCUT2D eigenvalue weighted by molar-refractivity contribution is 5.82. The van der Waals surface area contributed by atoms with E-state index in [4.69, 9.17) is 9.62 Å². The van der Waals surface area contributed by atoms with E-state index in [0.29, 0.717) is 12.1 Å². The molecule has 0 atom stereocenters. The van der Waals surface area contributed by atoms with Crippen LogP contribution >= 0.6 is 0 Å². The van der Waals surface area contributed by atoms with Crippen LogP contribution in [0.25, 0.3) is 0 Å². The lowest BCUT2D eigenvalue weighted by atomic mass is 9.85. The number of oxime groups is 1. The van der Waals surface area contributed by atoms with Crippen LogP contribution in [-0.2, 0) is 5.41 Å². The summed E-state index contributed by atoms with van der Waals surface area (Å²) in [7, 11) is 0. The smallest absolute Gasteiger partial charge is 0.110 e. The van der Waals surface area contributed by atoms with Gasteiger partial charge in [0.2, 0.25) is 0 Å². The second kappa shape index (κ2) is 3.86. The fraction of sp³-hybridized carbons (Fsp3) is 0.545. The van der Waals surface area contributed by atoms with Crippen LogP contribution in [0.15, 0.2) is 21.7 Å². The van der Waals surface area contributed by atoms with E-state index >= 15 is 0 Å². The summed E-state index contributed by atoms with van der Waals surface area (Å²) in [6.45, 7) is 7.87. The van der Waals surface area contributed by atoms with E-state index in [0.717, 1.165) is 11.5 Å². The summed E-state index contributed by atoms with van der Waals surface area (Å²) in [6, 6.07) is 3.92. The largest absolute Gasteiger partial charge is 0.466 e. The van der Waals surface area contributed by atoms with Crippen molar-refractivity contribution in [3.63, 3.8) is 0 Å². The van der Waals surface area contributed by atoms with Gasteiger partial charge in [-0.25, -0.2) is 0 Å². The number of furan rings is 1. The normalized spacial score (nSPS) is 13.3. The first-order valence-electron chi connectivity index (χ1n) is 4.70. The molecule has 14 heavy (non-hydrogen) atoms. The molecule has 0 fully saturated rings. The fourth-order valence-corrected chi connectivity index (χ4v) is 1.56. The molecular formula is C11H17NO2. The fourth-order valence-electron chi connectivity index (χ4n) is 1.56. The summed E-state index contributed by atoms with van der Waals surface area (Å²) in [6.07, 6.45) is 0.691. The Morgan fingerprint density at radius 2 is 2.14 bits per heavy atom. The highest BCUT2D eigenvalue weighted by Gasteiger charge is 2.25. The van der Waals surface area contributed by atoms with Crippen molar-refractivity contribution in [3.05, 3.63) is 23.7 Å². The molecule has 78 valence electrons. The minimum absolute atomic E-state index is 0.120. The molecule has 0 aliphatic rings. The van der Waals surface area contributed by atoms with Gasteiger partial charge in [0.1, 0.15) is 11.5 Å². The van der Waals surface area contributed by atoms with E-state index in [-0.39, 0.29) is 5.41 Å². The first kappa shape index (κ1) is 10.8. The predicted octanol–water partition coefficient (Wildman–Crippen LogP) is 3.11. The van der Waals surface area contributed by atoms with Gasteiger partial charge in [-0.05, 0) is 26.0 Å². The lowest BCUT2D eigenvalue weighted by Crippen LogP contribution is -2.19. The van der Waals surface area contributed by atoms with Gasteiger partial charge in [0, 0.05) is 11.8 Å². The van der Waals surface area contributed by atoms with Crippen LogP contribution in [0.3, 0.4) is 0 Å². The van der Waals surface area contributed by atoms with Crippen molar-refractivity contribution in [3.8, 4) is 0 Å². The summed E-state index contributed by atoms with van der Waals surface area (Å²) >= 11 is 0. The molecule has 0 saturated heterocycles. The van der Waals surface area contributed by atoms with Crippen LogP contribution in [0.2, 0.25) is 0 Å². The van der Waals surface area contributed by atoms with E-state index in [1.54, 1.807) is 6.92 Å². The third kappa shape index (κ3) is 2.37. The second-order valence-corrected chi connectivity index (χ2v) is 4.31. The number of aryl methyl sites for hydroxylation is 1. The van der Waals surface area contributed by atoms with Crippen molar-refractivity contribution in [1.29, 1.82) is 0 Å². The third-order valence-electron chi connectivity index (χ3n) is 2.28. The first-order chi connectivity index (χ1) is 6.45. The highest BCUT2D eigenvalue weighted by atomic mass is 16.4. The molecule has 0 saturated carbocycles. The number of hydrogen-bond acceptors (Lipinski definition) is 3. The maximum atomic E-state index is 8.61. The molecule has 0 amide bonds. The van der Waals surface area contributed by atoms with E-state index < -0.39 is 0 Å². The molecule has 0 radical (unpaired) electrons. The lowest BCUT2D eigenvalue weighted by Gasteiger charge is -2.21. The Balaban J connectivity index is 2.85. The van der Waals surface area contributed by atoms with Crippen molar-refractivity contribution in [2.24, 2.45) is 5.16 Å². The zero-order valence-corrected chi connectivity index (χ0v) is 9.16. The van der Waals surface area contributed by atoms with Crippen molar-refractivity contribution in [1.82, 2.24) is 0 Å². The zero-order chi connectivity index (χ0) is 10.8. The van der Waals surface area contributed by atoms with Crippen LogP contribution in [0, 0.1) is 6.92 Å². The molecule has 0 aliphatic heterocycles. The summed E-state index contributed by atoms with van der Waals surface area (Å²) in [4.78, 5) is 0. The van der Waals surface area contributed by atoms with Crippen molar-refractivity contribution < 1.29 is 9.62 Å². The van der Waals surface area contributed by atoms with E-state index in [1.807, 2.05) is 19.1 Å². The molecular weight excluding hydrogens is 178 g/mol. The highest BCUT2D eigenvalue weighted by Crippen LogP contribution is 2.28. The summed E-state index contributed by atoms with van der Waals surface area (Å²) in [5.74, 6) is 1.84. The minimum atomic E-state index is -0.120. The number of nitrogens with zero attached hydrogens (tertiary/aromatic N) is 1. The topological polar surface area (TPSA) is 45.7 Å². The molecule has 0 aromatic carbocycles. The van der Waals surface area contributed by atoms with Gasteiger partial charge in [0.25, 0.3) is 0 Å². The van der Waals surface area contributed by atoms with Gasteiger partial charge in [0.05, 0.1) is 5.71 Å². The Morgan fingerprint density at radius 1 is 1.50 bits per heavy atom. The minimum Gasteiger partial charge on any atom is -0.466 e. The van der Waals surface area contributed by atoms with Crippen molar-refractivity contribution in [2.45, 2.75) is 39.5 Å². The Labute approximate surface area is 84.4 Å². The molecule has 1 N–H and O–H groups in total. The molecule has 1 heterocycles. The van der Waals surface area contributed by atoms with Crippen molar-refractivity contribution >= 4 is 5.71 Å². The Kier molecular flexibility index (Phi) is 2.99. The van der Waals surface area contributed by atoms with Gasteiger partial charge in [-0.3, -0.25) is 0 Å². The van der Waals surface area contributed by atoms with Gasteiger partial charge in [-0.1, -0.05) is 19.0 Å². The van der Waals surface area contributed by atoms with Crippen LogP contribution in [0.4, 0.5) is 0 Å². The second-order valence-electron chi connectivity index (χ2n) is 4.31. The van der Waals surface area contributed by atoms with E-state index in [2.05, 4.69) is 19.0 Å². The summed E-state index contributed by atoms with van der Waals surface area (Å²) < 4.78 is 5.56. The zero-order valence-electron chi connectivity index (χ0n) is 9.16. The molecule has 0 aliphatic carbocycles. The molecule has 0 spiro atoms. The van der Waals surface area contributed by atoms with E-state index in [9.17, 15) is 0 Å². The van der Waals surface area contributed by atoms with E-state index in [1.165, 1.54) is 0 Å². The lowest BCUT2D eigenvalue weighted by molar-refractivity contribution is 0.312. The Hall–Kier alpha value is -1.25. The van der Waals surface area contributed by atoms with Gasteiger partial charge < -0.3 is 9.62 Å². The van der Waals surface area contributed by atoms with Gasteiger partial charge in [-0.15, -0.1) is 0 Å². The molecule has 1 rings (SSSR count). The van der Waals surface area contributed by atoms with Gasteiger partial charge in [0.15, 0.2) is 0 Å². The first-order valence-corrected chi connectivity index (χ1v) is 4.70. The van der Waals surface area contributed by atoms with Crippen LogP contribution < -0.4 is 0 Å². The average molecular weight is 195 g/mol. The summed E-state index contributed by atoms with van der Waals surface area (Å²) in [5.41, 5.74) is 0.592. The predicted molar refractivity (Wildman–Crippen MR) is 56.0 cm³/mol. The number of rotatable bonds is 3. The third-order valence-corrected chi connectivity index (χ3v) is 2.28. The molecule has 1 aromatic heterocycles. The number of hydrogen-bond donors (Lipinski definition) is 1. The van der Waals surface area contributed by atoms with Gasteiger partial charge in [-0.2, -0.15) is 0 Å². The maximum Gasteiger partial charge on any atom is 0.110 e. The molecule has 3 heteroatoms.